The van der Waals surface area contributed by atoms with Crippen molar-refractivity contribution < 1.29 is 33.8 Å². The van der Waals surface area contributed by atoms with Gasteiger partial charge in [-0.05, 0) is 68.0 Å². The number of amides is 4. The molecule has 0 spiro atoms. The third-order valence-electron chi connectivity index (χ3n) is 13.3. The Morgan fingerprint density at radius 3 is 2.33 bits per heavy atom. The molecule has 0 unspecified atom stereocenters. The van der Waals surface area contributed by atoms with Gasteiger partial charge >= 0.3 is 0 Å². The van der Waals surface area contributed by atoms with Gasteiger partial charge in [-0.25, -0.2) is 9.97 Å². The standard InChI is InChI=1S/C52H57ClN10O7S2/c1-27-29(3)72-51-44(27)45(32-12-14-34(53)15-13-32)58-39(48-61-60-30(4)63(48)51)21-41(65)57-35-18-38(19-35)70-43-17-16-37(23-54-43)69-25-42(66)59-47(52(5,6)7)50(68)62-24-36(64)20-40(62)49(67)55-22-31-8-10-33(11-9-31)46-28(2)56-26-71-46/h8-17,23,26,35-36,38-40,47,64H,18-22,24-25H2,1-7H3,(H,55,67)(H,57,65)(H,59,66)/t35-,36-,38-,39+,40+,47-/m1/s1. The number of β-amino-alcohol motifs (C(OH)–C–C–N with tert-alkyl or cyclic N) is 1. The van der Waals surface area contributed by atoms with Crippen LogP contribution in [0.4, 0.5) is 0 Å². The van der Waals surface area contributed by atoms with E-state index >= 15 is 0 Å². The SMILES string of the molecule is Cc1ncsc1-c1ccc(CNC(=O)[C@@H]2C[C@@H](O)CN2C(=O)[C@@H](NC(=O)COc2ccc(O[C@H]3C[C@H](NC(=O)C[C@@H]4N=C(c5ccc(Cl)cc5)c5c(sc(C)c5C)-n5c(C)nnc54)C3)nc2)C(C)(C)C)cc1. The fourth-order valence-electron chi connectivity index (χ4n) is 9.20. The normalized spacial score (nSPS) is 19.8. The zero-order valence-corrected chi connectivity index (χ0v) is 43.5. The van der Waals surface area contributed by atoms with Crippen molar-refractivity contribution in [2.75, 3.05) is 13.2 Å². The number of fused-ring (bicyclic) bond motifs is 3. The predicted octanol–water partition coefficient (Wildman–Crippen LogP) is 6.93. The summed E-state index contributed by atoms with van der Waals surface area (Å²) in [5.74, 6) is 0.440. The summed E-state index contributed by atoms with van der Waals surface area (Å²) >= 11 is 9.48. The number of aromatic nitrogens is 5. The van der Waals surface area contributed by atoms with Gasteiger partial charge in [0.15, 0.2) is 12.4 Å². The Labute approximate surface area is 430 Å². The van der Waals surface area contributed by atoms with Crippen molar-refractivity contribution in [1.29, 1.82) is 0 Å². The fraction of sp³-hybridized carbons (Fsp3) is 0.404. The van der Waals surface area contributed by atoms with Gasteiger partial charge in [-0.15, -0.1) is 32.9 Å². The van der Waals surface area contributed by atoms with Crippen molar-refractivity contribution in [3.05, 3.63) is 122 Å². The maximum atomic E-state index is 14.1. The quantitative estimate of drug-likeness (QED) is 0.0828. The number of pyridine rings is 1. The molecule has 6 aromatic rings. The van der Waals surface area contributed by atoms with Gasteiger partial charge in [-0.3, -0.25) is 28.7 Å². The smallest absolute Gasteiger partial charge is 0.258 e. The first-order valence-electron chi connectivity index (χ1n) is 23.9. The molecule has 6 heterocycles. The number of aliphatic hydroxyl groups excluding tert-OH is 1. The van der Waals surface area contributed by atoms with Crippen LogP contribution in [0, 0.1) is 33.1 Å². The summed E-state index contributed by atoms with van der Waals surface area (Å²) in [6.07, 6.45) is 1.70. The molecule has 2 fully saturated rings. The third-order valence-corrected chi connectivity index (χ3v) is 15.7. The summed E-state index contributed by atoms with van der Waals surface area (Å²) in [5.41, 5.74) is 7.74. The minimum absolute atomic E-state index is 0.0415. The number of halogens is 1. The van der Waals surface area contributed by atoms with Gasteiger partial charge in [0.25, 0.3) is 5.91 Å². The number of likely N-dealkylation sites (tertiary alicyclic amines) is 1. The van der Waals surface area contributed by atoms with E-state index in [-0.39, 0.29) is 49.9 Å². The number of aryl methyl sites for hydroxylation is 3. The van der Waals surface area contributed by atoms with Crippen LogP contribution < -0.4 is 25.4 Å². The van der Waals surface area contributed by atoms with Crippen molar-refractivity contribution in [3.8, 4) is 27.1 Å². The molecule has 20 heteroatoms. The Balaban J connectivity index is 0.744. The molecule has 72 heavy (non-hydrogen) atoms. The van der Waals surface area contributed by atoms with E-state index in [0.29, 0.717) is 35.3 Å². The van der Waals surface area contributed by atoms with E-state index in [4.69, 9.17) is 26.1 Å². The number of carbonyl (C=O) groups is 4. The Morgan fingerprint density at radius 2 is 1.65 bits per heavy atom. The lowest BCUT2D eigenvalue weighted by Gasteiger charge is -2.35. The summed E-state index contributed by atoms with van der Waals surface area (Å²) in [6.45, 7) is 13.3. The van der Waals surface area contributed by atoms with E-state index < -0.39 is 48.1 Å². The molecule has 1 saturated heterocycles. The number of aliphatic hydroxyl groups is 1. The van der Waals surface area contributed by atoms with E-state index in [0.717, 1.165) is 59.8 Å². The van der Waals surface area contributed by atoms with Crippen LogP contribution in [-0.2, 0) is 25.7 Å². The number of nitrogens with zero attached hydrogens (tertiary/aromatic N) is 7. The van der Waals surface area contributed by atoms with Crippen molar-refractivity contribution in [3.63, 3.8) is 0 Å². The Kier molecular flexibility index (Phi) is 14.6. The van der Waals surface area contributed by atoms with Crippen LogP contribution in [0.25, 0.3) is 15.4 Å². The van der Waals surface area contributed by atoms with Crippen LogP contribution in [0.15, 0.2) is 77.4 Å². The number of carbonyl (C=O) groups excluding carboxylic acids is 4. The monoisotopic (exact) mass is 1030 g/mol. The highest BCUT2D eigenvalue weighted by Gasteiger charge is 2.45. The lowest BCUT2D eigenvalue weighted by molar-refractivity contribution is -0.144. The van der Waals surface area contributed by atoms with Crippen molar-refractivity contribution in [1.82, 2.24) is 45.6 Å². The zero-order chi connectivity index (χ0) is 51.0. The van der Waals surface area contributed by atoms with Crippen LogP contribution in [0.5, 0.6) is 11.6 Å². The van der Waals surface area contributed by atoms with Crippen LogP contribution in [0.1, 0.15) is 97.0 Å². The van der Waals surface area contributed by atoms with Crippen molar-refractivity contribution in [2.45, 2.75) is 117 Å². The van der Waals surface area contributed by atoms with Gasteiger partial charge in [0.05, 0.1) is 40.5 Å². The van der Waals surface area contributed by atoms with E-state index in [1.54, 1.807) is 34.8 Å². The first-order chi connectivity index (χ1) is 34.4. The predicted molar refractivity (Wildman–Crippen MR) is 275 cm³/mol. The Morgan fingerprint density at radius 1 is 0.917 bits per heavy atom. The summed E-state index contributed by atoms with van der Waals surface area (Å²) in [6, 6.07) is 16.1. The molecule has 9 rings (SSSR count). The minimum Gasteiger partial charge on any atom is -0.482 e. The van der Waals surface area contributed by atoms with Gasteiger partial charge < -0.3 is 35.4 Å². The molecule has 0 bridgehead atoms. The van der Waals surface area contributed by atoms with E-state index in [2.05, 4.69) is 50.0 Å². The topological polar surface area (TPSA) is 215 Å². The molecule has 376 valence electrons. The first kappa shape index (κ1) is 50.4. The van der Waals surface area contributed by atoms with Crippen molar-refractivity contribution >= 4 is 63.6 Å². The maximum absolute atomic E-state index is 14.1. The number of rotatable bonds is 15. The molecule has 2 aromatic carbocycles. The number of thiazole rings is 1. The second-order valence-corrected chi connectivity index (χ2v) is 22.1. The van der Waals surface area contributed by atoms with Crippen molar-refractivity contribution in [2.24, 2.45) is 10.4 Å². The van der Waals surface area contributed by atoms with Crippen LogP contribution >= 0.6 is 34.3 Å². The number of nitrogens with one attached hydrogen (secondary N) is 3. The molecule has 17 nitrogen and oxygen atoms in total. The van der Waals surface area contributed by atoms with E-state index in [1.165, 1.54) is 11.1 Å². The summed E-state index contributed by atoms with van der Waals surface area (Å²) in [5, 5.41) is 30.0. The summed E-state index contributed by atoms with van der Waals surface area (Å²) < 4.78 is 13.9. The molecule has 2 aliphatic heterocycles. The highest BCUT2D eigenvalue weighted by Crippen LogP contribution is 2.40. The van der Waals surface area contributed by atoms with Gasteiger partial charge in [-0.2, -0.15) is 0 Å². The Bertz CT molecular complexity index is 3010. The van der Waals surface area contributed by atoms with Gasteiger partial charge in [0.1, 0.15) is 40.8 Å². The third kappa shape index (κ3) is 10.9. The molecule has 1 aliphatic carbocycles. The largest absolute Gasteiger partial charge is 0.482 e. The lowest BCUT2D eigenvalue weighted by atomic mass is 9.85. The second kappa shape index (κ2) is 20.9. The average molecular weight is 1030 g/mol. The second-order valence-electron chi connectivity index (χ2n) is 19.6. The minimum atomic E-state index is -1.02. The molecular weight excluding hydrogens is 976 g/mol. The molecular formula is C52H57ClN10O7S2. The van der Waals surface area contributed by atoms with E-state index in [1.807, 2.05) is 93.2 Å². The number of thiophene rings is 1. The molecule has 1 saturated carbocycles. The molecule has 4 aromatic heterocycles. The van der Waals surface area contributed by atoms with Crippen LogP contribution in [0.2, 0.25) is 5.02 Å². The summed E-state index contributed by atoms with van der Waals surface area (Å²) in [4.78, 5) is 72.1. The number of aliphatic imine (C=N–C) groups is 1. The summed E-state index contributed by atoms with van der Waals surface area (Å²) in [7, 11) is 0. The molecule has 3 aliphatic rings. The molecule has 4 amide bonds. The van der Waals surface area contributed by atoms with Gasteiger partial charge in [0.2, 0.25) is 23.6 Å². The average Bonchev–Trinajstić information content (AvgIpc) is 4.11. The first-order valence-corrected chi connectivity index (χ1v) is 25.9. The number of hydrogen-bond donors (Lipinski definition) is 4. The zero-order valence-electron chi connectivity index (χ0n) is 41.1. The van der Waals surface area contributed by atoms with Crippen LogP contribution in [-0.4, -0.2) is 108 Å². The number of benzene rings is 2. The molecule has 4 atom stereocenters. The Hall–Kier alpha value is -6.54. The number of ether oxygens (including phenoxy) is 2. The van der Waals surface area contributed by atoms with Gasteiger partial charge in [0, 0.05) is 65.5 Å². The van der Waals surface area contributed by atoms with Gasteiger partial charge in [-0.1, -0.05) is 68.8 Å². The number of hydrogen-bond acceptors (Lipinski definition) is 14. The molecule has 4 N–H and O–H groups in total. The van der Waals surface area contributed by atoms with Crippen LogP contribution in [0.3, 0.4) is 0 Å². The lowest BCUT2D eigenvalue weighted by Crippen LogP contribution is -2.58. The van der Waals surface area contributed by atoms with E-state index in [9.17, 15) is 24.3 Å². The molecule has 0 radical (unpaired) electrons. The maximum Gasteiger partial charge on any atom is 0.258 e. The fourth-order valence-corrected chi connectivity index (χ4v) is 11.4. The highest BCUT2D eigenvalue weighted by atomic mass is 35.5. The highest BCUT2D eigenvalue weighted by molar-refractivity contribution is 7.15.